The van der Waals surface area contributed by atoms with Gasteiger partial charge in [-0.1, -0.05) is 30.4 Å². The molecule has 6 aliphatic rings. The monoisotopic (exact) mass is 542 g/mol. The lowest BCUT2D eigenvalue weighted by Crippen LogP contribution is -2.51. The van der Waals surface area contributed by atoms with Crippen molar-refractivity contribution >= 4 is 0 Å². The van der Waals surface area contributed by atoms with E-state index in [9.17, 15) is 0 Å². The Morgan fingerprint density at radius 3 is 1.72 bits per heavy atom. The number of piperazine rings is 2. The summed E-state index contributed by atoms with van der Waals surface area (Å²) in [5.41, 5.74) is 2.77. The van der Waals surface area contributed by atoms with E-state index >= 15 is 0 Å². The largest absolute Gasteiger partial charge is 0.315 e. The average molecular weight is 543 g/mol. The fraction of sp³-hybridized carbons (Fsp3) is 0.806. The molecule has 8 heteroatoms. The lowest BCUT2D eigenvalue weighted by atomic mass is 10.1. The highest BCUT2D eigenvalue weighted by Gasteiger charge is 2.19. The van der Waals surface area contributed by atoms with Crippen LogP contribution in [0.3, 0.4) is 0 Å². The molecule has 6 rings (SSSR count). The summed E-state index contributed by atoms with van der Waals surface area (Å²) in [4.78, 5) is 15.8. The summed E-state index contributed by atoms with van der Waals surface area (Å²) in [6, 6.07) is 0. The molecule has 0 atom stereocenters. The zero-order valence-corrected chi connectivity index (χ0v) is 25.1. The SMILES string of the molecule is C=C/C(=C\C=C(/C)CN1CCCN2CCN(CCCNCC1)CC2)CN1CCNCCN2CCN(CC2)CC1. The molecule has 0 aromatic carbocycles. The van der Waals surface area contributed by atoms with E-state index in [1.165, 1.54) is 109 Å². The van der Waals surface area contributed by atoms with Crippen molar-refractivity contribution in [1.82, 2.24) is 40.0 Å². The molecule has 0 aromatic heterocycles. The van der Waals surface area contributed by atoms with Crippen LogP contribution >= 0.6 is 0 Å². The van der Waals surface area contributed by atoms with Crippen molar-refractivity contribution in [2.75, 3.05) is 144 Å². The molecule has 0 amide bonds. The molecule has 0 saturated carbocycles. The fourth-order valence-corrected chi connectivity index (χ4v) is 6.30. The molecule has 6 aliphatic heterocycles. The van der Waals surface area contributed by atoms with Crippen molar-refractivity contribution in [3.8, 4) is 0 Å². The molecule has 6 saturated heterocycles. The van der Waals surface area contributed by atoms with Crippen molar-refractivity contribution < 1.29 is 0 Å². The second kappa shape index (κ2) is 17.7. The van der Waals surface area contributed by atoms with E-state index in [-0.39, 0.29) is 0 Å². The third-order valence-corrected chi connectivity index (χ3v) is 8.98. The summed E-state index contributed by atoms with van der Waals surface area (Å²) in [5, 5.41) is 7.37. The minimum absolute atomic E-state index is 0.982. The van der Waals surface area contributed by atoms with E-state index in [2.05, 4.69) is 71.8 Å². The van der Waals surface area contributed by atoms with E-state index in [0.29, 0.717) is 0 Å². The van der Waals surface area contributed by atoms with Gasteiger partial charge in [-0.05, 0) is 51.5 Å². The molecule has 6 heterocycles. The topological polar surface area (TPSA) is 43.5 Å². The van der Waals surface area contributed by atoms with Gasteiger partial charge in [-0.15, -0.1) is 0 Å². The summed E-state index contributed by atoms with van der Waals surface area (Å²) in [7, 11) is 0. The van der Waals surface area contributed by atoms with E-state index < -0.39 is 0 Å². The zero-order chi connectivity index (χ0) is 27.1. The second-order valence-corrected chi connectivity index (χ2v) is 12.1. The minimum Gasteiger partial charge on any atom is -0.315 e. The number of allylic oxidation sites excluding steroid dienone is 2. The molecule has 6 fully saturated rings. The molecule has 8 nitrogen and oxygen atoms in total. The van der Waals surface area contributed by atoms with Gasteiger partial charge in [-0.25, -0.2) is 0 Å². The summed E-state index contributed by atoms with van der Waals surface area (Å²) in [6.07, 6.45) is 9.27. The first-order chi connectivity index (χ1) is 19.2. The number of nitrogens with zero attached hydrogens (tertiary/aromatic N) is 6. The summed E-state index contributed by atoms with van der Waals surface area (Å²) >= 11 is 0. The highest BCUT2D eigenvalue weighted by atomic mass is 15.3. The van der Waals surface area contributed by atoms with Gasteiger partial charge in [0.25, 0.3) is 0 Å². The normalized spacial score (nSPS) is 32.2. The lowest BCUT2D eigenvalue weighted by molar-refractivity contribution is 0.116. The number of fused-ring (bicyclic) bond motifs is 20. The summed E-state index contributed by atoms with van der Waals surface area (Å²) in [5.74, 6) is 0. The van der Waals surface area contributed by atoms with Gasteiger partial charge in [0.2, 0.25) is 0 Å². The van der Waals surface area contributed by atoms with E-state index in [4.69, 9.17) is 0 Å². The van der Waals surface area contributed by atoms with Crippen molar-refractivity contribution in [2.24, 2.45) is 0 Å². The van der Waals surface area contributed by atoms with Gasteiger partial charge < -0.3 is 20.4 Å². The molecular weight excluding hydrogens is 484 g/mol. The maximum absolute atomic E-state index is 4.17. The van der Waals surface area contributed by atoms with Crippen LogP contribution in [0, 0.1) is 0 Å². The van der Waals surface area contributed by atoms with Gasteiger partial charge in [0, 0.05) is 118 Å². The summed E-state index contributed by atoms with van der Waals surface area (Å²) < 4.78 is 0. The third kappa shape index (κ3) is 11.7. The molecule has 0 radical (unpaired) electrons. The van der Waals surface area contributed by atoms with Gasteiger partial charge in [0.05, 0.1) is 0 Å². The van der Waals surface area contributed by atoms with Gasteiger partial charge >= 0.3 is 0 Å². The Morgan fingerprint density at radius 1 is 0.538 bits per heavy atom. The highest BCUT2D eigenvalue weighted by Crippen LogP contribution is 2.09. The molecule has 0 spiro atoms. The van der Waals surface area contributed by atoms with E-state index in [1.807, 2.05) is 0 Å². The maximum atomic E-state index is 4.17. The first kappa shape index (κ1) is 30.8. The van der Waals surface area contributed by atoms with Crippen molar-refractivity contribution in [3.05, 3.63) is 36.0 Å². The van der Waals surface area contributed by atoms with Gasteiger partial charge in [-0.3, -0.25) is 19.6 Å². The molecule has 0 aliphatic carbocycles. The Hall–Kier alpha value is -1.10. The number of hydrogen-bond donors (Lipinski definition) is 2. The molecule has 4 bridgehead atoms. The van der Waals surface area contributed by atoms with Crippen molar-refractivity contribution in [2.45, 2.75) is 19.8 Å². The highest BCUT2D eigenvalue weighted by molar-refractivity contribution is 5.26. The van der Waals surface area contributed by atoms with Gasteiger partial charge in [0.15, 0.2) is 0 Å². The number of hydrogen-bond acceptors (Lipinski definition) is 8. The molecule has 39 heavy (non-hydrogen) atoms. The van der Waals surface area contributed by atoms with Crippen LogP contribution in [-0.4, -0.2) is 173 Å². The second-order valence-electron chi connectivity index (χ2n) is 12.1. The first-order valence-corrected chi connectivity index (χ1v) is 15.9. The predicted octanol–water partition coefficient (Wildman–Crippen LogP) is 0.871. The van der Waals surface area contributed by atoms with Crippen molar-refractivity contribution in [1.29, 1.82) is 0 Å². The van der Waals surface area contributed by atoms with Crippen LogP contribution in [0.15, 0.2) is 36.0 Å². The van der Waals surface area contributed by atoms with E-state index in [0.717, 1.165) is 58.9 Å². The summed E-state index contributed by atoms with van der Waals surface area (Å²) in [6.45, 7) is 32.1. The minimum atomic E-state index is 0.982. The fourth-order valence-electron chi connectivity index (χ4n) is 6.30. The third-order valence-electron chi connectivity index (χ3n) is 8.98. The van der Waals surface area contributed by atoms with Crippen LogP contribution in [-0.2, 0) is 0 Å². The van der Waals surface area contributed by atoms with Crippen LogP contribution < -0.4 is 10.6 Å². The van der Waals surface area contributed by atoms with Crippen LogP contribution in [0.25, 0.3) is 0 Å². The van der Waals surface area contributed by atoms with Crippen molar-refractivity contribution in [3.63, 3.8) is 0 Å². The van der Waals surface area contributed by atoms with Crippen LogP contribution in [0.5, 0.6) is 0 Å². The quantitative estimate of drug-likeness (QED) is 0.480. The standard InChI is InChI=1S/C31H58N8/c1-3-31(29-39-17-11-33-9-15-36-22-24-37(25-23-36)26-27-39)7-6-30(2)28-38-14-5-13-35-20-18-34(19-21-35)12-4-8-32-10-16-38/h3,6-7,32-33H,1,4-5,8-29H2,2H3/b30-6+,31-7+. The first-order valence-electron chi connectivity index (χ1n) is 15.9. The number of nitrogens with one attached hydrogen (secondary N) is 2. The molecular formula is C31H58N8. The van der Waals surface area contributed by atoms with Crippen LogP contribution in [0.4, 0.5) is 0 Å². The Labute approximate surface area is 239 Å². The van der Waals surface area contributed by atoms with Gasteiger partial charge in [-0.2, -0.15) is 0 Å². The molecule has 222 valence electrons. The average Bonchev–Trinajstić information content (AvgIpc) is 2.95. The smallest absolute Gasteiger partial charge is 0.0234 e. The van der Waals surface area contributed by atoms with Crippen LogP contribution in [0.1, 0.15) is 19.8 Å². The van der Waals surface area contributed by atoms with E-state index in [1.54, 1.807) is 0 Å². The Morgan fingerprint density at radius 2 is 1.05 bits per heavy atom. The Kier molecular flexibility index (Phi) is 14.0. The Bertz CT molecular complexity index is 746. The van der Waals surface area contributed by atoms with Gasteiger partial charge in [0.1, 0.15) is 0 Å². The van der Waals surface area contributed by atoms with Crippen LogP contribution in [0.2, 0.25) is 0 Å². The molecule has 0 aromatic rings. The molecule has 2 N–H and O–H groups in total. The number of rotatable bonds is 6. The molecule has 0 unspecified atom stereocenters. The lowest BCUT2D eigenvalue weighted by Gasteiger charge is -2.36. The Balaban J connectivity index is 1.28. The predicted molar refractivity (Wildman–Crippen MR) is 166 cm³/mol. The maximum Gasteiger partial charge on any atom is 0.0234 e. The zero-order valence-electron chi connectivity index (χ0n) is 25.1.